The molecule has 0 atom stereocenters. The minimum atomic E-state index is 0.0490. The number of imidazole rings is 1. The molecule has 2 aromatic carbocycles. The van der Waals surface area contributed by atoms with Crippen LogP contribution in [0.3, 0.4) is 0 Å². The van der Waals surface area contributed by atoms with E-state index in [9.17, 15) is 4.79 Å². The number of anilines is 2. The summed E-state index contributed by atoms with van der Waals surface area (Å²) in [5, 5.41) is 0.826. The highest BCUT2D eigenvalue weighted by Gasteiger charge is 2.27. The molecule has 0 N–H and O–H groups in total. The first-order valence-electron chi connectivity index (χ1n) is 8.55. The summed E-state index contributed by atoms with van der Waals surface area (Å²) in [6, 6.07) is 22.1. The molecule has 0 fully saturated rings. The van der Waals surface area contributed by atoms with Crippen LogP contribution >= 0.6 is 23.5 Å². The zero-order valence-electron chi connectivity index (χ0n) is 14.3. The smallest absolute Gasteiger partial charge is 0.242 e. The highest BCUT2D eigenvalue weighted by Crippen LogP contribution is 2.48. The van der Waals surface area contributed by atoms with Crippen LogP contribution in [0, 0.1) is 0 Å². The molecular weight excluding hydrogens is 374 g/mol. The van der Waals surface area contributed by atoms with Gasteiger partial charge in [0, 0.05) is 16.0 Å². The Hall–Kier alpha value is -2.70. The Kier molecular flexibility index (Phi) is 4.14. The zero-order valence-corrected chi connectivity index (χ0v) is 15.9. The van der Waals surface area contributed by atoms with Gasteiger partial charge in [-0.05, 0) is 36.4 Å². The average molecular weight is 390 g/mol. The predicted molar refractivity (Wildman–Crippen MR) is 110 cm³/mol. The van der Waals surface area contributed by atoms with Crippen LogP contribution in [0.5, 0.6) is 0 Å². The molecule has 6 heteroatoms. The molecule has 0 unspecified atom stereocenters. The summed E-state index contributed by atoms with van der Waals surface area (Å²) < 4.78 is 2.01. The summed E-state index contributed by atoms with van der Waals surface area (Å²) in [6.07, 6.45) is 3.80. The molecule has 0 spiro atoms. The van der Waals surface area contributed by atoms with Gasteiger partial charge in [-0.3, -0.25) is 14.1 Å². The monoisotopic (exact) mass is 389 g/mol. The third kappa shape index (κ3) is 2.91. The second kappa shape index (κ2) is 6.79. The van der Waals surface area contributed by atoms with E-state index in [1.807, 2.05) is 76.3 Å². The van der Waals surface area contributed by atoms with Crippen molar-refractivity contribution in [3.63, 3.8) is 0 Å². The normalized spacial score (nSPS) is 12.7. The summed E-state index contributed by atoms with van der Waals surface area (Å²) in [4.78, 5) is 21.7. The van der Waals surface area contributed by atoms with E-state index >= 15 is 0 Å². The van der Waals surface area contributed by atoms with E-state index in [-0.39, 0.29) is 5.91 Å². The van der Waals surface area contributed by atoms with Gasteiger partial charge in [-0.25, -0.2) is 4.98 Å². The van der Waals surface area contributed by atoms with Crippen LogP contribution in [-0.2, 0) is 4.79 Å². The maximum Gasteiger partial charge on any atom is 0.242 e. The molecule has 27 heavy (non-hydrogen) atoms. The molecule has 0 aliphatic carbocycles. The molecule has 5 rings (SSSR count). The van der Waals surface area contributed by atoms with Gasteiger partial charge >= 0.3 is 0 Å². The molecule has 3 heterocycles. The Morgan fingerprint density at radius 3 is 2.33 bits per heavy atom. The van der Waals surface area contributed by atoms with Crippen LogP contribution in [0.4, 0.5) is 11.4 Å². The lowest BCUT2D eigenvalue weighted by Gasteiger charge is -2.30. The quantitative estimate of drug-likeness (QED) is 0.448. The maximum absolute atomic E-state index is 13.2. The first-order chi connectivity index (χ1) is 13.3. The lowest BCUT2D eigenvalue weighted by Crippen LogP contribution is -2.30. The van der Waals surface area contributed by atoms with E-state index in [1.54, 1.807) is 11.8 Å². The van der Waals surface area contributed by atoms with E-state index in [4.69, 9.17) is 0 Å². The molecule has 132 valence electrons. The first kappa shape index (κ1) is 16.5. The van der Waals surface area contributed by atoms with Crippen LogP contribution in [-0.4, -0.2) is 21.0 Å². The molecule has 0 saturated carbocycles. The molecule has 1 amide bonds. The van der Waals surface area contributed by atoms with E-state index in [2.05, 4.69) is 17.1 Å². The molecule has 0 bridgehead atoms. The third-order valence-corrected chi connectivity index (χ3v) is 6.49. The van der Waals surface area contributed by atoms with E-state index < -0.39 is 0 Å². The number of aromatic nitrogens is 2. The number of thioether (sulfide) groups is 1. The summed E-state index contributed by atoms with van der Waals surface area (Å²) >= 11 is 3.17. The maximum atomic E-state index is 13.2. The number of nitrogens with zero attached hydrogens (tertiary/aromatic N) is 3. The van der Waals surface area contributed by atoms with Crippen molar-refractivity contribution >= 4 is 46.3 Å². The number of rotatable bonds is 3. The van der Waals surface area contributed by atoms with Crippen molar-refractivity contribution in [2.75, 3.05) is 10.7 Å². The Labute approximate surface area is 165 Å². The fraction of sp³-hybridized carbons (Fsp3) is 0.0476. The summed E-state index contributed by atoms with van der Waals surface area (Å²) in [6.45, 7) is 0. The van der Waals surface area contributed by atoms with E-state index in [1.165, 1.54) is 11.8 Å². The van der Waals surface area contributed by atoms with Crippen molar-refractivity contribution in [3.05, 3.63) is 79.1 Å². The van der Waals surface area contributed by atoms with Crippen molar-refractivity contribution < 1.29 is 4.79 Å². The SMILES string of the molecule is O=C(CSc1ncc2ccccn12)N1c2ccccc2Sc2ccccc21. The molecule has 1 aliphatic heterocycles. The van der Waals surface area contributed by atoms with Crippen LogP contribution in [0.2, 0.25) is 0 Å². The van der Waals surface area contributed by atoms with E-state index in [0.29, 0.717) is 5.75 Å². The van der Waals surface area contributed by atoms with Gasteiger partial charge in [0.05, 0.1) is 28.8 Å². The summed E-state index contributed by atoms with van der Waals surface area (Å²) in [7, 11) is 0. The fourth-order valence-electron chi connectivity index (χ4n) is 3.19. The summed E-state index contributed by atoms with van der Waals surface area (Å²) in [5.74, 6) is 0.370. The number of hydrogen-bond acceptors (Lipinski definition) is 4. The average Bonchev–Trinajstić information content (AvgIpc) is 3.13. The number of hydrogen-bond donors (Lipinski definition) is 0. The Morgan fingerprint density at radius 2 is 1.59 bits per heavy atom. The Morgan fingerprint density at radius 1 is 0.926 bits per heavy atom. The van der Waals surface area contributed by atoms with Gasteiger partial charge in [0.2, 0.25) is 5.91 Å². The first-order valence-corrected chi connectivity index (χ1v) is 10.4. The molecule has 0 radical (unpaired) electrons. The minimum Gasteiger partial charge on any atom is -0.295 e. The van der Waals surface area contributed by atoms with Crippen molar-refractivity contribution in [1.82, 2.24) is 9.38 Å². The zero-order chi connectivity index (χ0) is 18.2. The molecule has 4 nitrogen and oxygen atoms in total. The molecular formula is C21H15N3OS2. The molecule has 2 aromatic heterocycles. The van der Waals surface area contributed by atoms with Gasteiger partial charge in [0.1, 0.15) is 0 Å². The van der Waals surface area contributed by atoms with E-state index in [0.717, 1.165) is 31.8 Å². The van der Waals surface area contributed by atoms with Gasteiger partial charge in [-0.2, -0.15) is 0 Å². The number of carbonyl (C=O) groups is 1. The Balaban J connectivity index is 1.46. The van der Waals surface area contributed by atoms with Gasteiger partial charge in [-0.1, -0.05) is 53.9 Å². The number of fused-ring (bicyclic) bond motifs is 3. The third-order valence-electron chi connectivity index (χ3n) is 4.41. The van der Waals surface area contributed by atoms with Gasteiger partial charge in [-0.15, -0.1) is 0 Å². The van der Waals surface area contributed by atoms with Crippen LogP contribution in [0.25, 0.3) is 5.52 Å². The standard InChI is InChI=1S/C21H15N3OS2/c25-20(14-26-21-22-13-15-7-5-6-12-23(15)21)24-16-8-1-3-10-18(16)27-19-11-4-2-9-17(19)24/h1-13H,14H2. The fourth-order valence-corrected chi connectivity index (χ4v) is 5.06. The highest BCUT2D eigenvalue weighted by molar-refractivity contribution is 8.00. The lowest BCUT2D eigenvalue weighted by molar-refractivity contribution is -0.115. The van der Waals surface area contributed by atoms with Gasteiger partial charge < -0.3 is 0 Å². The molecule has 1 aliphatic rings. The van der Waals surface area contributed by atoms with Crippen molar-refractivity contribution in [2.24, 2.45) is 0 Å². The number of carbonyl (C=O) groups excluding carboxylic acids is 1. The lowest BCUT2D eigenvalue weighted by atomic mass is 10.2. The van der Waals surface area contributed by atoms with Crippen molar-refractivity contribution in [3.8, 4) is 0 Å². The Bertz CT molecular complexity index is 1110. The number of para-hydroxylation sites is 2. The second-order valence-corrected chi connectivity index (χ2v) is 8.12. The van der Waals surface area contributed by atoms with Gasteiger partial charge in [0.25, 0.3) is 0 Å². The number of benzene rings is 2. The molecule has 0 saturated heterocycles. The van der Waals surface area contributed by atoms with Crippen LogP contribution < -0.4 is 4.90 Å². The predicted octanol–water partition coefficient (Wildman–Crippen LogP) is 5.26. The highest BCUT2D eigenvalue weighted by atomic mass is 32.2. The second-order valence-electron chi connectivity index (χ2n) is 6.09. The number of pyridine rings is 1. The van der Waals surface area contributed by atoms with Crippen LogP contribution in [0.15, 0.2) is 94.1 Å². The topological polar surface area (TPSA) is 37.6 Å². The minimum absolute atomic E-state index is 0.0490. The summed E-state index contributed by atoms with van der Waals surface area (Å²) in [5.41, 5.74) is 2.91. The van der Waals surface area contributed by atoms with Crippen molar-refractivity contribution in [2.45, 2.75) is 14.9 Å². The van der Waals surface area contributed by atoms with Gasteiger partial charge in [0.15, 0.2) is 5.16 Å². The largest absolute Gasteiger partial charge is 0.295 e. The number of amides is 1. The van der Waals surface area contributed by atoms with Crippen LogP contribution in [0.1, 0.15) is 0 Å². The van der Waals surface area contributed by atoms with Crippen molar-refractivity contribution in [1.29, 1.82) is 0 Å². The molecule has 4 aromatic rings.